The lowest BCUT2D eigenvalue weighted by atomic mass is 10.0. The summed E-state index contributed by atoms with van der Waals surface area (Å²) < 4.78 is 32.2. The summed E-state index contributed by atoms with van der Waals surface area (Å²) in [4.78, 5) is 18.2. The van der Waals surface area contributed by atoms with E-state index in [9.17, 15) is 13.6 Å². The highest BCUT2D eigenvalue weighted by Crippen LogP contribution is 2.24. The predicted molar refractivity (Wildman–Crippen MR) is 88.8 cm³/mol. The minimum Gasteiger partial charge on any atom is -0.441 e. The molecule has 1 aromatic carbocycles. The number of carbonyl (C=O) groups is 1. The number of carbonyl (C=O) groups excluding carboxylic acids is 1. The number of halogens is 2. The molecule has 1 fully saturated rings. The molecule has 1 aromatic heterocycles. The number of aryl methyl sites for hydroxylation is 1. The van der Waals surface area contributed by atoms with Crippen LogP contribution in [0.25, 0.3) is 11.3 Å². The first kappa shape index (κ1) is 17.5. The van der Waals surface area contributed by atoms with E-state index in [2.05, 4.69) is 10.3 Å². The summed E-state index contributed by atoms with van der Waals surface area (Å²) in [5.41, 5.74) is 0.153. The Hall–Kier alpha value is -2.28. The molecule has 2 heterocycles. The smallest absolute Gasteiger partial charge is 0.223 e. The van der Waals surface area contributed by atoms with Crippen LogP contribution in [-0.4, -0.2) is 42.0 Å². The average Bonchev–Trinajstić information content (AvgIpc) is 3.08. The second-order valence-electron chi connectivity index (χ2n) is 6.19. The minimum absolute atomic E-state index is 0.0715. The van der Waals surface area contributed by atoms with E-state index in [1.807, 2.05) is 11.9 Å². The average molecular weight is 349 g/mol. The van der Waals surface area contributed by atoms with E-state index in [4.69, 9.17) is 4.42 Å². The van der Waals surface area contributed by atoms with Gasteiger partial charge in [-0.1, -0.05) is 0 Å². The molecule has 0 bridgehead atoms. The molecule has 1 aliphatic rings. The topological polar surface area (TPSA) is 58.4 Å². The van der Waals surface area contributed by atoms with Gasteiger partial charge < -0.3 is 14.6 Å². The Morgan fingerprint density at radius 1 is 1.36 bits per heavy atom. The van der Waals surface area contributed by atoms with Crippen LogP contribution in [0.4, 0.5) is 8.78 Å². The summed E-state index contributed by atoms with van der Waals surface area (Å²) in [6, 6.07) is 3.75. The molecule has 0 aliphatic carbocycles. The van der Waals surface area contributed by atoms with Gasteiger partial charge >= 0.3 is 0 Å². The van der Waals surface area contributed by atoms with Gasteiger partial charge in [-0.15, -0.1) is 0 Å². The van der Waals surface area contributed by atoms with Crippen LogP contribution in [0.1, 0.15) is 25.2 Å². The molecule has 0 unspecified atom stereocenters. The van der Waals surface area contributed by atoms with Crippen LogP contribution in [0.3, 0.4) is 0 Å². The highest BCUT2D eigenvalue weighted by atomic mass is 19.1. The second kappa shape index (κ2) is 7.74. The van der Waals surface area contributed by atoms with Crippen molar-refractivity contribution in [3.05, 3.63) is 41.9 Å². The molecule has 1 saturated heterocycles. The Balaban J connectivity index is 1.56. The number of oxazole rings is 1. The van der Waals surface area contributed by atoms with Crippen molar-refractivity contribution in [1.82, 2.24) is 15.2 Å². The number of benzene rings is 1. The lowest BCUT2D eigenvalue weighted by Crippen LogP contribution is -2.44. The number of rotatable bonds is 5. The van der Waals surface area contributed by atoms with Crippen molar-refractivity contribution >= 4 is 5.91 Å². The Kier molecular flexibility index (Phi) is 5.43. The van der Waals surface area contributed by atoms with E-state index in [0.29, 0.717) is 24.8 Å². The van der Waals surface area contributed by atoms with E-state index < -0.39 is 11.6 Å². The zero-order valence-corrected chi connectivity index (χ0v) is 14.1. The van der Waals surface area contributed by atoms with Crippen LogP contribution in [0, 0.1) is 11.6 Å². The first-order chi connectivity index (χ1) is 12.1. The van der Waals surface area contributed by atoms with Gasteiger partial charge in [0.2, 0.25) is 5.91 Å². The van der Waals surface area contributed by atoms with Gasteiger partial charge in [-0.05, 0) is 32.0 Å². The number of nitrogens with one attached hydrogen (secondary N) is 1. The van der Waals surface area contributed by atoms with Gasteiger partial charge in [0, 0.05) is 38.0 Å². The standard InChI is InChI=1S/C18H21F2N3O2/c1-21-13-6-8-23(9-7-13)18(24)5-4-17-22-11-16(25-17)14-3-2-12(19)10-15(14)20/h2-3,10-11,13,21H,4-9H2,1H3. The fourth-order valence-electron chi connectivity index (χ4n) is 3.03. The maximum atomic E-state index is 13.8. The van der Waals surface area contributed by atoms with Gasteiger partial charge in [0.05, 0.1) is 11.8 Å². The zero-order valence-electron chi connectivity index (χ0n) is 14.1. The highest BCUT2D eigenvalue weighted by molar-refractivity contribution is 5.76. The summed E-state index contributed by atoms with van der Waals surface area (Å²) in [5.74, 6) is -0.672. The van der Waals surface area contributed by atoms with Gasteiger partial charge in [0.1, 0.15) is 11.6 Å². The first-order valence-electron chi connectivity index (χ1n) is 8.42. The Morgan fingerprint density at radius 3 is 2.80 bits per heavy atom. The van der Waals surface area contributed by atoms with Gasteiger partial charge in [-0.3, -0.25) is 4.79 Å². The predicted octanol–water partition coefficient (Wildman–Crippen LogP) is 2.76. The van der Waals surface area contributed by atoms with Crippen LogP contribution in [0.5, 0.6) is 0 Å². The largest absolute Gasteiger partial charge is 0.441 e. The van der Waals surface area contributed by atoms with E-state index in [-0.39, 0.29) is 17.2 Å². The molecule has 0 radical (unpaired) electrons. The van der Waals surface area contributed by atoms with Crippen molar-refractivity contribution in [1.29, 1.82) is 0 Å². The number of aromatic nitrogens is 1. The van der Waals surface area contributed by atoms with Crippen molar-refractivity contribution in [3.8, 4) is 11.3 Å². The summed E-state index contributed by atoms with van der Waals surface area (Å²) in [5, 5.41) is 3.23. The Morgan fingerprint density at radius 2 is 2.12 bits per heavy atom. The molecule has 1 amide bonds. The molecule has 0 atom stereocenters. The van der Waals surface area contributed by atoms with Crippen molar-refractivity contribution in [2.75, 3.05) is 20.1 Å². The number of hydrogen-bond acceptors (Lipinski definition) is 4. The van der Waals surface area contributed by atoms with Gasteiger partial charge in [0.25, 0.3) is 0 Å². The first-order valence-corrected chi connectivity index (χ1v) is 8.42. The highest BCUT2D eigenvalue weighted by Gasteiger charge is 2.22. The Bertz CT molecular complexity index is 740. The molecular weight excluding hydrogens is 328 g/mol. The van der Waals surface area contributed by atoms with Crippen LogP contribution in [0.2, 0.25) is 0 Å². The third-order valence-electron chi connectivity index (χ3n) is 4.56. The summed E-state index contributed by atoms with van der Waals surface area (Å²) in [7, 11) is 1.94. The quantitative estimate of drug-likeness (QED) is 0.902. The second-order valence-corrected chi connectivity index (χ2v) is 6.19. The number of likely N-dealkylation sites (tertiary alicyclic amines) is 1. The van der Waals surface area contributed by atoms with Crippen LogP contribution in [-0.2, 0) is 11.2 Å². The molecule has 5 nitrogen and oxygen atoms in total. The molecule has 7 heteroatoms. The SMILES string of the molecule is CNC1CCN(C(=O)CCc2ncc(-c3ccc(F)cc3F)o2)CC1. The molecule has 1 N–H and O–H groups in total. The third kappa shape index (κ3) is 4.22. The molecule has 2 aromatic rings. The summed E-state index contributed by atoms with van der Waals surface area (Å²) in [6.45, 7) is 1.50. The minimum atomic E-state index is -0.703. The van der Waals surface area contributed by atoms with Crippen LogP contribution >= 0.6 is 0 Å². The van der Waals surface area contributed by atoms with E-state index >= 15 is 0 Å². The summed E-state index contributed by atoms with van der Waals surface area (Å²) >= 11 is 0. The fraction of sp³-hybridized carbons (Fsp3) is 0.444. The lowest BCUT2D eigenvalue weighted by Gasteiger charge is -2.31. The molecule has 0 spiro atoms. The van der Waals surface area contributed by atoms with Crippen molar-refractivity contribution in [2.45, 2.75) is 31.7 Å². The van der Waals surface area contributed by atoms with Crippen molar-refractivity contribution in [2.24, 2.45) is 0 Å². The van der Waals surface area contributed by atoms with E-state index in [1.54, 1.807) is 0 Å². The molecule has 0 saturated carbocycles. The van der Waals surface area contributed by atoms with E-state index in [0.717, 1.165) is 32.0 Å². The zero-order chi connectivity index (χ0) is 17.8. The summed E-state index contributed by atoms with van der Waals surface area (Å²) in [6.07, 6.45) is 3.96. The third-order valence-corrected chi connectivity index (χ3v) is 4.56. The van der Waals surface area contributed by atoms with Gasteiger partial charge in [-0.25, -0.2) is 13.8 Å². The number of amides is 1. The molecule has 25 heavy (non-hydrogen) atoms. The lowest BCUT2D eigenvalue weighted by molar-refractivity contribution is -0.132. The number of hydrogen-bond donors (Lipinski definition) is 1. The van der Waals surface area contributed by atoms with Crippen LogP contribution in [0.15, 0.2) is 28.8 Å². The molecule has 3 rings (SSSR count). The monoisotopic (exact) mass is 349 g/mol. The normalized spacial score (nSPS) is 15.6. The van der Waals surface area contributed by atoms with Gasteiger partial charge in [0.15, 0.2) is 11.7 Å². The van der Waals surface area contributed by atoms with E-state index in [1.165, 1.54) is 18.3 Å². The Labute approximate surface area is 145 Å². The number of piperidine rings is 1. The van der Waals surface area contributed by atoms with Gasteiger partial charge in [-0.2, -0.15) is 0 Å². The maximum absolute atomic E-state index is 13.8. The molecule has 1 aliphatic heterocycles. The van der Waals surface area contributed by atoms with Crippen molar-refractivity contribution in [3.63, 3.8) is 0 Å². The maximum Gasteiger partial charge on any atom is 0.223 e. The van der Waals surface area contributed by atoms with Crippen LogP contribution < -0.4 is 5.32 Å². The molecular formula is C18H21F2N3O2. The number of nitrogens with zero attached hydrogens (tertiary/aromatic N) is 2. The fourth-order valence-corrected chi connectivity index (χ4v) is 3.03. The molecule has 134 valence electrons. The van der Waals surface area contributed by atoms with Crippen molar-refractivity contribution < 1.29 is 18.0 Å².